The quantitative estimate of drug-likeness (QED) is 0.285. The molecule has 3 rings (SSSR count). The van der Waals surface area contributed by atoms with E-state index in [1.165, 1.54) is 30.0 Å². The molecule has 0 spiro atoms. The average Bonchev–Trinajstić information content (AvgIpc) is 3.12. The Morgan fingerprint density at radius 2 is 2.00 bits per heavy atom. The van der Waals surface area contributed by atoms with Gasteiger partial charge in [-0.05, 0) is 48.9 Å². The van der Waals surface area contributed by atoms with Crippen LogP contribution < -0.4 is 10.1 Å². The molecule has 0 aliphatic rings. The molecule has 0 unspecified atom stereocenters. The van der Waals surface area contributed by atoms with Gasteiger partial charge in [0.05, 0.1) is 12.6 Å². The van der Waals surface area contributed by atoms with Gasteiger partial charge in [-0.15, -0.1) is 10.2 Å². The molecule has 0 saturated heterocycles. The zero-order valence-corrected chi connectivity index (χ0v) is 18.7. The monoisotopic (exact) mass is 460 g/mol. The fourth-order valence-corrected chi connectivity index (χ4v) is 3.69. The van der Waals surface area contributed by atoms with Crippen molar-refractivity contribution in [3.8, 4) is 5.75 Å². The molecule has 1 heterocycles. The van der Waals surface area contributed by atoms with E-state index < -0.39 is 0 Å². The third-order valence-corrected chi connectivity index (χ3v) is 5.66. The highest BCUT2D eigenvalue weighted by atomic mass is 35.5. The molecule has 9 heteroatoms. The molecular weight excluding hydrogens is 439 g/mol. The van der Waals surface area contributed by atoms with Gasteiger partial charge >= 0.3 is 0 Å². The first-order valence-electron chi connectivity index (χ1n) is 9.57. The van der Waals surface area contributed by atoms with E-state index in [0.29, 0.717) is 34.1 Å². The summed E-state index contributed by atoms with van der Waals surface area (Å²) in [5.74, 6) is 1.35. The van der Waals surface area contributed by atoms with E-state index in [4.69, 9.17) is 16.3 Å². The highest BCUT2D eigenvalue weighted by Gasteiger charge is 2.17. The number of nitrogens with one attached hydrogen (secondary N) is 1. The van der Waals surface area contributed by atoms with Crippen LogP contribution in [0.25, 0.3) is 6.08 Å². The summed E-state index contributed by atoms with van der Waals surface area (Å²) in [5, 5.41) is 12.6. The maximum atomic E-state index is 12.9. The van der Waals surface area contributed by atoms with Crippen LogP contribution in [0, 0.1) is 5.82 Å². The van der Waals surface area contributed by atoms with Crippen molar-refractivity contribution in [3.05, 3.63) is 76.8 Å². The maximum absolute atomic E-state index is 12.9. The van der Waals surface area contributed by atoms with Crippen LogP contribution in [0.15, 0.2) is 59.8 Å². The Morgan fingerprint density at radius 1 is 1.26 bits per heavy atom. The minimum atomic E-state index is -0.328. The minimum absolute atomic E-state index is 0.252. The van der Waals surface area contributed by atoms with E-state index in [1.807, 2.05) is 36.7 Å². The molecule has 1 atom stereocenters. The summed E-state index contributed by atoms with van der Waals surface area (Å²) in [7, 11) is 1.85. The molecule has 162 valence electrons. The lowest BCUT2D eigenvalue weighted by molar-refractivity contribution is -0.117. The second-order valence-electron chi connectivity index (χ2n) is 6.64. The van der Waals surface area contributed by atoms with Crippen molar-refractivity contribution in [3.63, 3.8) is 0 Å². The fraction of sp³-hybridized carbons (Fsp3) is 0.227. The van der Waals surface area contributed by atoms with Crippen LogP contribution in [-0.4, -0.2) is 33.0 Å². The summed E-state index contributed by atoms with van der Waals surface area (Å²) in [4.78, 5) is 12.3. The van der Waals surface area contributed by atoms with E-state index in [9.17, 15) is 9.18 Å². The summed E-state index contributed by atoms with van der Waals surface area (Å²) in [5.41, 5.74) is 0.771. The molecule has 0 radical (unpaired) electrons. The lowest BCUT2D eigenvalue weighted by Crippen LogP contribution is -2.26. The van der Waals surface area contributed by atoms with Gasteiger partial charge in [-0.3, -0.25) is 4.79 Å². The Kier molecular flexibility index (Phi) is 8.08. The smallest absolute Gasteiger partial charge is 0.244 e. The zero-order chi connectivity index (χ0) is 22.2. The van der Waals surface area contributed by atoms with E-state index in [0.717, 1.165) is 5.56 Å². The van der Waals surface area contributed by atoms with Crippen molar-refractivity contribution < 1.29 is 13.9 Å². The van der Waals surface area contributed by atoms with Gasteiger partial charge in [0.1, 0.15) is 11.6 Å². The predicted octanol–water partition coefficient (Wildman–Crippen LogP) is 4.67. The summed E-state index contributed by atoms with van der Waals surface area (Å²) in [6.07, 6.45) is 3.11. The number of rotatable bonds is 9. The second-order valence-corrected chi connectivity index (χ2v) is 8.11. The number of benzene rings is 2. The van der Waals surface area contributed by atoms with Crippen molar-refractivity contribution in [2.75, 3.05) is 12.4 Å². The fourth-order valence-electron chi connectivity index (χ4n) is 2.75. The van der Waals surface area contributed by atoms with Gasteiger partial charge in [-0.25, -0.2) is 4.39 Å². The Bertz CT molecular complexity index is 1060. The summed E-state index contributed by atoms with van der Waals surface area (Å²) >= 11 is 7.58. The Labute approximate surface area is 189 Å². The van der Waals surface area contributed by atoms with Gasteiger partial charge in [-0.1, -0.05) is 41.6 Å². The first-order chi connectivity index (χ1) is 14.9. The Hall–Kier alpha value is -2.84. The lowest BCUT2D eigenvalue weighted by Gasteiger charge is -2.12. The molecule has 0 bridgehead atoms. The highest BCUT2D eigenvalue weighted by Crippen LogP contribution is 2.20. The standard InChI is InChI=1S/C22H22ClFN4O2S/c1-15(25-20(29)12-7-16-5-3-4-6-19(16)23)21-26-27-22(28(21)2)31-14-13-30-18-10-8-17(24)9-11-18/h3-12,15H,13-14H2,1-2H3,(H,25,29)/b12-7+/t15-/m1/s1. The van der Waals surface area contributed by atoms with Crippen LogP contribution in [-0.2, 0) is 11.8 Å². The first-order valence-corrected chi connectivity index (χ1v) is 10.9. The number of nitrogens with zero attached hydrogens (tertiary/aromatic N) is 3. The molecule has 0 fully saturated rings. The van der Waals surface area contributed by atoms with Gasteiger partial charge < -0.3 is 14.6 Å². The maximum Gasteiger partial charge on any atom is 0.244 e. The van der Waals surface area contributed by atoms with Crippen LogP contribution in [0.4, 0.5) is 4.39 Å². The molecule has 3 aromatic rings. The van der Waals surface area contributed by atoms with Gasteiger partial charge in [0, 0.05) is 23.9 Å². The van der Waals surface area contributed by atoms with Gasteiger partial charge in [0.2, 0.25) is 5.91 Å². The number of aromatic nitrogens is 3. The lowest BCUT2D eigenvalue weighted by atomic mass is 10.2. The van der Waals surface area contributed by atoms with Crippen LogP contribution >= 0.6 is 23.4 Å². The first kappa shape index (κ1) is 22.8. The topological polar surface area (TPSA) is 69.0 Å². The predicted molar refractivity (Wildman–Crippen MR) is 121 cm³/mol. The minimum Gasteiger partial charge on any atom is -0.493 e. The van der Waals surface area contributed by atoms with Crippen molar-refractivity contribution >= 4 is 35.3 Å². The molecule has 6 nitrogen and oxygen atoms in total. The Morgan fingerprint density at radius 3 is 2.74 bits per heavy atom. The number of amides is 1. The van der Waals surface area contributed by atoms with Crippen molar-refractivity contribution in [1.29, 1.82) is 0 Å². The van der Waals surface area contributed by atoms with Crippen LogP contribution in [0.1, 0.15) is 24.4 Å². The van der Waals surface area contributed by atoms with Gasteiger partial charge in [0.15, 0.2) is 11.0 Å². The van der Waals surface area contributed by atoms with Crippen molar-refractivity contribution in [2.24, 2.45) is 7.05 Å². The van der Waals surface area contributed by atoms with Gasteiger partial charge in [-0.2, -0.15) is 0 Å². The summed E-state index contributed by atoms with van der Waals surface area (Å²) in [6, 6.07) is 12.9. The number of hydrogen-bond acceptors (Lipinski definition) is 5. The van der Waals surface area contributed by atoms with Crippen molar-refractivity contribution in [2.45, 2.75) is 18.1 Å². The van der Waals surface area contributed by atoms with Gasteiger partial charge in [0.25, 0.3) is 0 Å². The normalized spacial score (nSPS) is 12.1. The number of ether oxygens (including phenoxy) is 1. The Balaban J connectivity index is 1.49. The third kappa shape index (κ3) is 6.57. The van der Waals surface area contributed by atoms with Crippen LogP contribution in [0.5, 0.6) is 5.75 Å². The van der Waals surface area contributed by atoms with E-state index in [2.05, 4.69) is 15.5 Å². The van der Waals surface area contributed by atoms with Crippen molar-refractivity contribution in [1.82, 2.24) is 20.1 Å². The molecule has 1 N–H and O–H groups in total. The molecule has 1 amide bonds. The molecule has 1 aromatic heterocycles. The SMILES string of the molecule is C[C@@H](NC(=O)/C=C/c1ccccc1Cl)c1nnc(SCCOc2ccc(F)cc2)n1C. The number of hydrogen-bond donors (Lipinski definition) is 1. The average molecular weight is 461 g/mol. The molecule has 0 saturated carbocycles. The van der Waals surface area contributed by atoms with Crippen LogP contribution in [0.3, 0.4) is 0 Å². The molecule has 0 aliphatic heterocycles. The largest absolute Gasteiger partial charge is 0.493 e. The molecule has 0 aliphatic carbocycles. The summed E-state index contributed by atoms with van der Waals surface area (Å²) < 4.78 is 20.3. The highest BCUT2D eigenvalue weighted by molar-refractivity contribution is 7.99. The third-order valence-electron chi connectivity index (χ3n) is 4.33. The van der Waals surface area contributed by atoms with Crippen LogP contribution in [0.2, 0.25) is 5.02 Å². The molecule has 31 heavy (non-hydrogen) atoms. The number of halogens is 2. The number of carbonyl (C=O) groups excluding carboxylic acids is 1. The number of thioether (sulfide) groups is 1. The second kappa shape index (κ2) is 11.0. The van der Waals surface area contributed by atoms with E-state index >= 15 is 0 Å². The summed E-state index contributed by atoms with van der Waals surface area (Å²) in [6.45, 7) is 2.29. The number of carbonyl (C=O) groups is 1. The zero-order valence-electron chi connectivity index (χ0n) is 17.1. The van der Waals surface area contributed by atoms with E-state index in [1.54, 1.807) is 24.3 Å². The molecule has 2 aromatic carbocycles. The molecular formula is C22H22ClFN4O2S. The van der Waals surface area contributed by atoms with E-state index in [-0.39, 0.29) is 17.8 Å².